The number of ether oxygens (including phenoxy) is 3. The molecule has 37 heavy (non-hydrogen) atoms. The SMILES string of the molecule is CC1(C)OCc2cc(C(O)CNCCCCCOCCCCCc3cccc(S(N)(=O)=O)c3)ccc2O1. The van der Waals surface area contributed by atoms with Crippen LogP contribution in [0, 0.1) is 0 Å². The molecule has 0 fully saturated rings. The topological polar surface area (TPSA) is 120 Å². The highest BCUT2D eigenvalue weighted by Crippen LogP contribution is 2.32. The van der Waals surface area contributed by atoms with Gasteiger partial charge >= 0.3 is 0 Å². The number of rotatable bonds is 16. The van der Waals surface area contributed by atoms with Crippen molar-refractivity contribution in [3.8, 4) is 5.75 Å². The maximum atomic E-state index is 11.4. The summed E-state index contributed by atoms with van der Waals surface area (Å²) in [5.41, 5.74) is 2.82. The number of fused-ring (bicyclic) bond motifs is 1. The summed E-state index contributed by atoms with van der Waals surface area (Å²) in [5.74, 6) is 0.199. The third-order valence-electron chi connectivity index (χ3n) is 6.36. The minimum Gasteiger partial charge on any atom is -0.463 e. The Bertz CT molecular complexity index is 1090. The number of sulfonamides is 1. The van der Waals surface area contributed by atoms with E-state index in [-0.39, 0.29) is 4.90 Å². The summed E-state index contributed by atoms with van der Waals surface area (Å²) < 4.78 is 40.1. The molecular formula is C28H42N2O6S. The number of aliphatic hydroxyl groups is 1. The molecule has 206 valence electrons. The monoisotopic (exact) mass is 534 g/mol. The van der Waals surface area contributed by atoms with Crippen molar-refractivity contribution in [2.24, 2.45) is 5.14 Å². The van der Waals surface area contributed by atoms with E-state index in [9.17, 15) is 13.5 Å². The van der Waals surface area contributed by atoms with Gasteiger partial charge in [-0.25, -0.2) is 13.6 Å². The molecule has 0 aromatic heterocycles. The van der Waals surface area contributed by atoms with Gasteiger partial charge in [-0.15, -0.1) is 0 Å². The molecule has 0 aliphatic carbocycles. The Balaban J connectivity index is 1.16. The van der Waals surface area contributed by atoms with Crippen LogP contribution in [0.15, 0.2) is 47.4 Å². The van der Waals surface area contributed by atoms with Gasteiger partial charge in [0.15, 0.2) is 0 Å². The lowest BCUT2D eigenvalue weighted by molar-refractivity contribution is -0.180. The lowest BCUT2D eigenvalue weighted by Gasteiger charge is -2.33. The molecule has 0 saturated carbocycles. The Morgan fingerprint density at radius 2 is 1.81 bits per heavy atom. The van der Waals surface area contributed by atoms with Crippen molar-refractivity contribution in [2.45, 2.75) is 82.2 Å². The number of hydrogen-bond acceptors (Lipinski definition) is 7. The van der Waals surface area contributed by atoms with E-state index < -0.39 is 21.9 Å². The molecule has 0 amide bonds. The number of nitrogens with two attached hydrogens (primary N) is 1. The highest BCUT2D eigenvalue weighted by molar-refractivity contribution is 7.89. The third kappa shape index (κ3) is 10.3. The minimum atomic E-state index is -3.65. The van der Waals surface area contributed by atoms with Crippen molar-refractivity contribution in [1.29, 1.82) is 0 Å². The summed E-state index contributed by atoms with van der Waals surface area (Å²) in [5, 5.41) is 19.0. The first-order valence-electron chi connectivity index (χ1n) is 13.2. The van der Waals surface area contributed by atoms with E-state index in [1.807, 2.05) is 38.1 Å². The van der Waals surface area contributed by atoms with Crippen LogP contribution in [0.1, 0.15) is 75.2 Å². The Morgan fingerprint density at radius 3 is 2.57 bits per heavy atom. The van der Waals surface area contributed by atoms with E-state index in [4.69, 9.17) is 19.3 Å². The van der Waals surface area contributed by atoms with Gasteiger partial charge < -0.3 is 24.6 Å². The normalized spacial score (nSPS) is 15.7. The summed E-state index contributed by atoms with van der Waals surface area (Å²) in [6.45, 7) is 7.13. The maximum Gasteiger partial charge on any atom is 0.238 e. The van der Waals surface area contributed by atoms with Crippen LogP contribution in [-0.2, 0) is 32.5 Å². The summed E-state index contributed by atoms with van der Waals surface area (Å²) >= 11 is 0. The Morgan fingerprint density at radius 1 is 1.05 bits per heavy atom. The predicted octanol–water partition coefficient (Wildman–Crippen LogP) is 4.20. The average molecular weight is 535 g/mol. The van der Waals surface area contributed by atoms with Crippen LogP contribution >= 0.6 is 0 Å². The van der Waals surface area contributed by atoms with Crippen LogP contribution in [0.2, 0.25) is 0 Å². The van der Waals surface area contributed by atoms with Gasteiger partial charge in [0.2, 0.25) is 15.8 Å². The number of primary sulfonamides is 1. The minimum absolute atomic E-state index is 0.171. The van der Waals surface area contributed by atoms with E-state index in [1.54, 1.807) is 12.1 Å². The molecule has 4 N–H and O–H groups in total. The smallest absolute Gasteiger partial charge is 0.238 e. The van der Waals surface area contributed by atoms with Crippen molar-refractivity contribution in [1.82, 2.24) is 5.32 Å². The molecule has 0 spiro atoms. The van der Waals surface area contributed by atoms with E-state index in [0.29, 0.717) is 13.2 Å². The second kappa shape index (κ2) is 14.2. The van der Waals surface area contributed by atoms with Gasteiger partial charge in [0, 0.05) is 39.2 Å². The zero-order chi connectivity index (χ0) is 26.7. The van der Waals surface area contributed by atoms with Gasteiger partial charge in [0.1, 0.15) is 5.75 Å². The van der Waals surface area contributed by atoms with Crippen LogP contribution in [0.4, 0.5) is 0 Å². The van der Waals surface area contributed by atoms with E-state index in [1.165, 1.54) is 6.07 Å². The molecule has 8 nitrogen and oxygen atoms in total. The van der Waals surface area contributed by atoms with E-state index in [0.717, 1.165) is 87.1 Å². The Hall–Kier alpha value is -2.01. The van der Waals surface area contributed by atoms with Crippen LogP contribution < -0.4 is 15.2 Å². The van der Waals surface area contributed by atoms with E-state index >= 15 is 0 Å². The van der Waals surface area contributed by atoms with Crippen molar-refractivity contribution in [3.63, 3.8) is 0 Å². The largest absolute Gasteiger partial charge is 0.463 e. The molecule has 1 unspecified atom stereocenters. The van der Waals surface area contributed by atoms with Gasteiger partial charge in [0.25, 0.3) is 0 Å². The summed E-state index contributed by atoms with van der Waals surface area (Å²) in [4.78, 5) is 0.171. The Labute approximate surface area is 221 Å². The van der Waals surface area contributed by atoms with Gasteiger partial charge in [-0.1, -0.05) is 24.6 Å². The van der Waals surface area contributed by atoms with E-state index in [2.05, 4.69) is 5.32 Å². The first-order chi connectivity index (χ1) is 17.6. The zero-order valence-electron chi connectivity index (χ0n) is 22.1. The van der Waals surface area contributed by atoms with Crippen LogP contribution in [-0.4, -0.2) is 45.6 Å². The number of aliphatic hydroxyl groups excluding tert-OH is 1. The molecule has 2 aromatic carbocycles. The van der Waals surface area contributed by atoms with Crippen molar-refractivity contribution in [3.05, 3.63) is 59.2 Å². The Kier molecular flexibility index (Phi) is 11.4. The lowest BCUT2D eigenvalue weighted by Crippen LogP contribution is -2.35. The van der Waals surface area contributed by atoms with Crippen LogP contribution in [0.3, 0.4) is 0 Å². The lowest BCUT2D eigenvalue weighted by atomic mass is 10.0. The quantitative estimate of drug-likeness (QED) is 0.276. The molecule has 0 radical (unpaired) electrons. The molecule has 3 rings (SSSR count). The fourth-order valence-electron chi connectivity index (χ4n) is 4.24. The molecule has 1 heterocycles. The van der Waals surface area contributed by atoms with Crippen molar-refractivity contribution >= 4 is 10.0 Å². The zero-order valence-corrected chi connectivity index (χ0v) is 22.9. The predicted molar refractivity (Wildman–Crippen MR) is 144 cm³/mol. The van der Waals surface area contributed by atoms with Crippen LogP contribution in [0.25, 0.3) is 0 Å². The fourth-order valence-corrected chi connectivity index (χ4v) is 4.83. The molecule has 9 heteroatoms. The number of unbranched alkanes of at least 4 members (excludes halogenated alkanes) is 4. The number of benzene rings is 2. The average Bonchev–Trinajstić information content (AvgIpc) is 2.85. The number of aryl methyl sites for hydroxylation is 1. The number of nitrogens with one attached hydrogen (secondary N) is 1. The summed E-state index contributed by atoms with van der Waals surface area (Å²) in [6, 6.07) is 12.6. The number of hydrogen-bond donors (Lipinski definition) is 3. The molecular weight excluding hydrogens is 492 g/mol. The van der Waals surface area contributed by atoms with Gasteiger partial charge in [-0.05, 0) is 80.5 Å². The van der Waals surface area contributed by atoms with Crippen molar-refractivity contribution < 1.29 is 27.7 Å². The highest BCUT2D eigenvalue weighted by Gasteiger charge is 2.27. The molecule has 1 aliphatic rings. The van der Waals surface area contributed by atoms with Gasteiger partial charge in [-0.2, -0.15) is 0 Å². The first kappa shape index (κ1) is 29.5. The molecule has 0 saturated heterocycles. The highest BCUT2D eigenvalue weighted by atomic mass is 32.2. The second-order valence-corrected chi connectivity index (χ2v) is 11.6. The van der Waals surface area contributed by atoms with Gasteiger partial charge in [-0.3, -0.25) is 0 Å². The summed E-state index contributed by atoms with van der Waals surface area (Å²) in [6.07, 6.45) is 6.41. The molecule has 0 bridgehead atoms. The van der Waals surface area contributed by atoms with Crippen molar-refractivity contribution in [2.75, 3.05) is 26.3 Å². The standard InChI is InChI=1S/C28H42N2O6S/c1-28(2)35-21-24-19-23(13-14-27(24)36-28)26(31)20-30-15-6-4-8-17-34-16-7-3-5-10-22-11-9-12-25(18-22)37(29,32)33/h9,11-14,18-19,26,30-31H,3-8,10,15-17,20-21H2,1-2H3,(H2,29,32,33). The van der Waals surface area contributed by atoms with Gasteiger partial charge in [0.05, 0.1) is 17.6 Å². The summed E-state index contributed by atoms with van der Waals surface area (Å²) in [7, 11) is -3.65. The molecule has 1 aliphatic heterocycles. The fraction of sp³-hybridized carbons (Fsp3) is 0.571. The van der Waals surface area contributed by atoms with Crippen LogP contribution in [0.5, 0.6) is 5.75 Å². The first-order valence-corrected chi connectivity index (χ1v) is 14.7. The third-order valence-corrected chi connectivity index (χ3v) is 7.27. The maximum absolute atomic E-state index is 11.4. The molecule has 2 aromatic rings. The molecule has 1 atom stereocenters. The second-order valence-electron chi connectivity index (χ2n) is 10.1.